The van der Waals surface area contributed by atoms with Crippen LogP contribution in [0.1, 0.15) is 19.8 Å². The Kier molecular flexibility index (Phi) is 6.79. The van der Waals surface area contributed by atoms with Crippen molar-refractivity contribution in [2.45, 2.75) is 19.8 Å². The van der Waals surface area contributed by atoms with Crippen LogP contribution in [-0.4, -0.2) is 43.6 Å². The van der Waals surface area contributed by atoms with E-state index in [1.807, 2.05) is 13.0 Å². The van der Waals surface area contributed by atoms with Crippen molar-refractivity contribution in [3.05, 3.63) is 28.3 Å². The molecule has 0 fully saturated rings. The number of rotatable bonds is 9. The van der Waals surface area contributed by atoms with E-state index < -0.39 is 0 Å². The third-order valence-electron chi connectivity index (χ3n) is 2.87. The Hall–Kier alpha value is -1.82. The van der Waals surface area contributed by atoms with Crippen LogP contribution in [-0.2, 0) is 0 Å². The molecule has 0 aromatic heterocycles. The van der Waals surface area contributed by atoms with Crippen LogP contribution in [0.3, 0.4) is 0 Å². The van der Waals surface area contributed by atoms with E-state index in [4.69, 9.17) is 0 Å². The van der Waals surface area contributed by atoms with Gasteiger partial charge in [0.05, 0.1) is 4.92 Å². The highest BCUT2D eigenvalue weighted by Crippen LogP contribution is 2.24. The van der Waals surface area contributed by atoms with Gasteiger partial charge in [0.1, 0.15) is 0 Å². The van der Waals surface area contributed by atoms with Crippen molar-refractivity contribution in [2.24, 2.45) is 0 Å². The summed E-state index contributed by atoms with van der Waals surface area (Å²) in [7, 11) is 4.10. The van der Waals surface area contributed by atoms with Crippen LogP contribution in [0.4, 0.5) is 17.1 Å². The predicted molar refractivity (Wildman–Crippen MR) is 83.5 cm³/mol. The summed E-state index contributed by atoms with van der Waals surface area (Å²) in [5.74, 6) is 0. The van der Waals surface area contributed by atoms with Crippen LogP contribution >= 0.6 is 0 Å². The van der Waals surface area contributed by atoms with Crippen molar-refractivity contribution >= 4 is 17.1 Å². The molecule has 112 valence electrons. The second kappa shape index (κ2) is 8.37. The normalized spacial score (nSPS) is 10.6. The van der Waals surface area contributed by atoms with Crippen LogP contribution in [0.2, 0.25) is 0 Å². The number of hydrogen-bond acceptors (Lipinski definition) is 5. The standard InChI is InChI=1S/C14H24N4O2/c1-4-15-12-9-13(11-14(10-12)18(19)20)16-7-5-6-8-17(2)3/h9-11,15-16H,4-8H2,1-3H3. The van der Waals surface area contributed by atoms with E-state index in [1.165, 1.54) is 0 Å². The zero-order valence-electron chi connectivity index (χ0n) is 12.5. The van der Waals surface area contributed by atoms with Gasteiger partial charge in [0.15, 0.2) is 0 Å². The van der Waals surface area contributed by atoms with E-state index in [1.54, 1.807) is 12.1 Å². The van der Waals surface area contributed by atoms with Gasteiger partial charge in [-0.25, -0.2) is 0 Å². The van der Waals surface area contributed by atoms with Crippen molar-refractivity contribution < 1.29 is 4.92 Å². The quantitative estimate of drug-likeness (QED) is 0.413. The molecular formula is C14H24N4O2. The van der Waals surface area contributed by atoms with Crippen LogP contribution in [0.25, 0.3) is 0 Å². The maximum atomic E-state index is 10.9. The fourth-order valence-corrected chi connectivity index (χ4v) is 1.91. The van der Waals surface area contributed by atoms with E-state index in [9.17, 15) is 10.1 Å². The number of benzene rings is 1. The lowest BCUT2D eigenvalue weighted by atomic mass is 10.2. The maximum Gasteiger partial charge on any atom is 0.273 e. The SMILES string of the molecule is CCNc1cc(NCCCCN(C)C)cc([N+](=O)[O-])c1. The first-order chi connectivity index (χ1) is 9.52. The molecule has 20 heavy (non-hydrogen) atoms. The van der Waals surface area contributed by atoms with Crippen molar-refractivity contribution in [2.75, 3.05) is 44.4 Å². The number of nitrogens with one attached hydrogen (secondary N) is 2. The fraction of sp³-hybridized carbons (Fsp3) is 0.571. The van der Waals surface area contributed by atoms with Gasteiger partial charge in [0.25, 0.3) is 5.69 Å². The molecule has 1 aromatic carbocycles. The van der Waals surface area contributed by atoms with Crippen molar-refractivity contribution in [3.63, 3.8) is 0 Å². The molecule has 0 unspecified atom stereocenters. The van der Waals surface area contributed by atoms with Gasteiger partial charge in [-0.2, -0.15) is 0 Å². The second-order valence-corrected chi connectivity index (χ2v) is 4.99. The molecule has 0 saturated carbocycles. The monoisotopic (exact) mass is 280 g/mol. The smallest absolute Gasteiger partial charge is 0.273 e. The summed E-state index contributed by atoms with van der Waals surface area (Å²) >= 11 is 0. The van der Waals surface area contributed by atoms with Crippen LogP contribution in [0.15, 0.2) is 18.2 Å². The van der Waals surface area contributed by atoms with Crippen LogP contribution < -0.4 is 10.6 Å². The fourth-order valence-electron chi connectivity index (χ4n) is 1.91. The number of hydrogen-bond donors (Lipinski definition) is 2. The number of anilines is 2. The molecule has 0 aliphatic rings. The molecule has 6 heteroatoms. The number of nitrogens with zero attached hydrogens (tertiary/aromatic N) is 2. The summed E-state index contributed by atoms with van der Waals surface area (Å²) in [6.45, 7) is 4.58. The molecule has 6 nitrogen and oxygen atoms in total. The average Bonchev–Trinajstić information content (AvgIpc) is 2.38. The summed E-state index contributed by atoms with van der Waals surface area (Å²) < 4.78 is 0. The predicted octanol–water partition coefficient (Wildman–Crippen LogP) is 2.78. The van der Waals surface area contributed by atoms with Gasteiger partial charge in [-0.1, -0.05) is 0 Å². The van der Waals surface area contributed by atoms with Gasteiger partial charge in [0, 0.05) is 36.6 Å². The second-order valence-electron chi connectivity index (χ2n) is 4.99. The molecule has 2 N–H and O–H groups in total. The first-order valence-electron chi connectivity index (χ1n) is 6.95. The lowest BCUT2D eigenvalue weighted by molar-refractivity contribution is -0.384. The number of nitro benzene ring substituents is 1. The van der Waals surface area contributed by atoms with Gasteiger partial charge in [-0.3, -0.25) is 10.1 Å². The van der Waals surface area contributed by atoms with Gasteiger partial charge in [0.2, 0.25) is 0 Å². The van der Waals surface area contributed by atoms with E-state index in [2.05, 4.69) is 29.6 Å². The largest absolute Gasteiger partial charge is 0.385 e. The average molecular weight is 280 g/mol. The third kappa shape index (κ3) is 5.88. The summed E-state index contributed by atoms with van der Waals surface area (Å²) in [5.41, 5.74) is 1.68. The summed E-state index contributed by atoms with van der Waals surface area (Å²) in [6.07, 6.45) is 2.15. The van der Waals surface area contributed by atoms with Gasteiger partial charge in [-0.15, -0.1) is 0 Å². The highest BCUT2D eigenvalue weighted by Gasteiger charge is 2.09. The summed E-state index contributed by atoms with van der Waals surface area (Å²) in [6, 6.07) is 5.04. The van der Waals surface area contributed by atoms with E-state index in [0.29, 0.717) is 0 Å². The minimum Gasteiger partial charge on any atom is -0.385 e. The minimum atomic E-state index is -0.363. The zero-order valence-corrected chi connectivity index (χ0v) is 12.5. The Morgan fingerprint density at radius 2 is 1.80 bits per heavy atom. The highest BCUT2D eigenvalue weighted by molar-refractivity contribution is 5.63. The molecule has 0 spiro atoms. The number of nitro groups is 1. The van der Waals surface area contributed by atoms with Crippen molar-refractivity contribution in [3.8, 4) is 0 Å². The third-order valence-corrected chi connectivity index (χ3v) is 2.87. The van der Waals surface area contributed by atoms with Gasteiger partial charge >= 0.3 is 0 Å². The number of unbranched alkanes of at least 4 members (excludes halogenated alkanes) is 1. The van der Waals surface area contributed by atoms with Crippen LogP contribution in [0.5, 0.6) is 0 Å². The highest BCUT2D eigenvalue weighted by atomic mass is 16.6. The molecule has 0 bridgehead atoms. The Morgan fingerprint density at radius 3 is 2.35 bits per heavy atom. The van der Waals surface area contributed by atoms with E-state index in [0.717, 1.165) is 43.9 Å². The van der Waals surface area contributed by atoms with Crippen LogP contribution in [0, 0.1) is 10.1 Å². The molecule has 0 heterocycles. The zero-order chi connectivity index (χ0) is 15.0. The first-order valence-corrected chi connectivity index (χ1v) is 6.95. The van der Waals surface area contributed by atoms with Crippen molar-refractivity contribution in [1.82, 2.24) is 4.90 Å². The van der Waals surface area contributed by atoms with Crippen molar-refractivity contribution in [1.29, 1.82) is 0 Å². The Bertz CT molecular complexity index is 435. The first kappa shape index (κ1) is 16.2. The maximum absolute atomic E-state index is 10.9. The molecule has 0 aliphatic heterocycles. The minimum absolute atomic E-state index is 0.110. The molecule has 0 saturated heterocycles. The Labute approximate surface area is 120 Å². The molecule has 0 atom stereocenters. The molecular weight excluding hydrogens is 256 g/mol. The van der Waals surface area contributed by atoms with E-state index in [-0.39, 0.29) is 10.6 Å². The number of non-ortho nitro benzene ring substituents is 1. The Balaban J connectivity index is 2.57. The topological polar surface area (TPSA) is 70.4 Å². The van der Waals surface area contributed by atoms with E-state index >= 15 is 0 Å². The summed E-state index contributed by atoms with van der Waals surface area (Å²) in [5, 5.41) is 17.3. The van der Waals surface area contributed by atoms with Gasteiger partial charge < -0.3 is 15.5 Å². The molecule has 1 rings (SSSR count). The van der Waals surface area contributed by atoms with Gasteiger partial charge in [-0.05, 0) is 46.5 Å². The summed E-state index contributed by atoms with van der Waals surface area (Å²) in [4.78, 5) is 12.7. The molecule has 0 radical (unpaired) electrons. The lowest BCUT2D eigenvalue weighted by Crippen LogP contribution is -2.14. The Morgan fingerprint density at radius 1 is 1.15 bits per heavy atom. The lowest BCUT2D eigenvalue weighted by Gasteiger charge is -2.11. The molecule has 1 aromatic rings. The molecule has 0 aliphatic carbocycles. The molecule has 0 amide bonds.